The highest BCUT2D eigenvalue weighted by atomic mass is 32.2. The number of nitrogens with one attached hydrogen (secondary N) is 1. The van der Waals surface area contributed by atoms with Crippen LogP contribution < -0.4 is 5.43 Å². The predicted octanol–water partition coefficient (Wildman–Crippen LogP) is -0.374. The summed E-state index contributed by atoms with van der Waals surface area (Å²) < 4.78 is 21.2. The number of hydrazone groups is 1. The maximum absolute atomic E-state index is 10.6. The Morgan fingerprint density at radius 3 is 2.40 bits per heavy atom. The lowest BCUT2D eigenvalue weighted by Crippen LogP contribution is -2.13. The molecule has 0 saturated heterocycles. The summed E-state index contributed by atoms with van der Waals surface area (Å²) in [4.78, 5) is 0. The number of rotatable bonds is 3. The van der Waals surface area contributed by atoms with Gasteiger partial charge in [-0.2, -0.15) is 5.10 Å². The van der Waals surface area contributed by atoms with Gasteiger partial charge in [-0.3, -0.25) is 0 Å². The van der Waals surface area contributed by atoms with Gasteiger partial charge in [0, 0.05) is 19.0 Å². The maximum Gasteiger partial charge on any atom is 0.152 e. The Morgan fingerprint density at radius 2 is 2.10 bits per heavy atom. The van der Waals surface area contributed by atoms with Crippen molar-refractivity contribution in [1.82, 2.24) is 5.43 Å². The van der Waals surface area contributed by atoms with E-state index in [1.54, 1.807) is 14.0 Å². The molecule has 0 spiro atoms. The Balaban J connectivity index is 4.05. The third-order valence-electron chi connectivity index (χ3n) is 0.774. The van der Waals surface area contributed by atoms with Crippen LogP contribution in [-0.4, -0.2) is 33.2 Å². The average Bonchev–Trinajstić information content (AvgIpc) is 1.59. The summed E-state index contributed by atoms with van der Waals surface area (Å²) in [6.07, 6.45) is 1.18. The smallest absolute Gasteiger partial charge is 0.152 e. The van der Waals surface area contributed by atoms with Crippen molar-refractivity contribution >= 4 is 15.5 Å². The lowest BCUT2D eigenvalue weighted by Gasteiger charge is -1.96. The van der Waals surface area contributed by atoms with Gasteiger partial charge in [0.05, 0.1) is 5.75 Å². The highest BCUT2D eigenvalue weighted by molar-refractivity contribution is 7.91. The van der Waals surface area contributed by atoms with Gasteiger partial charge in [-0.1, -0.05) is 0 Å². The Hall–Kier alpha value is -0.580. The largest absolute Gasteiger partial charge is 0.313 e. The molecule has 0 amide bonds. The summed E-state index contributed by atoms with van der Waals surface area (Å²) in [6, 6.07) is 0. The quantitative estimate of drug-likeness (QED) is 0.457. The highest BCUT2D eigenvalue weighted by Crippen LogP contribution is 1.84. The molecule has 5 heteroatoms. The fourth-order valence-corrected chi connectivity index (χ4v) is 1.43. The standard InChI is InChI=1S/C5H12N2O2S/c1-5(7-6-2)4-10(3,8)9/h6H,4H2,1-3H3/b7-5-. The summed E-state index contributed by atoms with van der Waals surface area (Å²) in [6.45, 7) is 1.66. The average molecular weight is 164 g/mol. The van der Waals surface area contributed by atoms with Crippen molar-refractivity contribution in [2.24, 2.45) is 5.10 Å². The summed E-state index contributed by atoms with van der Waals surface area (Å²) >= 11 is 0. The molecular formula is C5H12N2O2S. The van der Waals surface area contributed by atoms with Crippen LogP contribution in [0.5, 0.6) is 0 Å². The van der Waals surface area contributed by atoms with E-state index < -0.39 is 9.84 Å². The van der Waals surface area contributed by atoms with E-state index in [-0.39, 0.29) is 5.75 Å². The van der Waals surface area contributed by atoms with Gasteiger partial charge < -0.3 is 5.43 Å². The van der Waals surface area contributed by atoms with Crippen LogP contribution in [0.1, 0.15) is 6.92 Å². The number of hydrogen-bond donors (Lipinski definition) is 1. The third-order valence-corrected chi connectivity index (χ3v) is 1.72. The molecule has 4 nitrogen and oxygen atoms in total. The first kappa shape index (κ1) is 9.42. The summed E-state index contributed by atoms with van der Waals surface area (Å²) in [5.74, 6) is 0.0217. The number of nitrogens with zero attached hydrogens (tertiary/aromatic N) is 1. The van der Waals surface area contributed by atoms with Crippen LogP contribution in [0.3, 0.4) is 0 Å². The van der Waals surface area contributed by atoms with Gasteiger partial charge in [0.25, 0.3) is 0 Å². The lowest BCUT2D eigenvalue weighted by atomic mass is 10.5. The van der Waals surface area contributed by atoms with Gasteiger partial charge >= 0.3 is 0 Å². The zero-order chi connectivity index (χ0) is 8.20. The van der Waals surface area contributed by atoms with E-state index in [0.717, 1.165) is 0 Å². The van der Waals surface area contributed by atoms with Crippen molar-refractivity contribution in [2.45, 2.75) is 6.92 Å². The molecule has 0 aliphatic heterocycles. The van der Waals surface area contributed by atoms with E-state index in [4.69, 9.17) is 0 Å². The highest BCUT2D eigenvalue weighted by Gasteiger charge is 2.03. The van der Waals surface area contributed by atoms with Crippen molar-refractivity contribution in [1.29, 1.82) is 0 Å². The van der Waals surface area contributed by atoms with E-state index in [9.17, 15) is 8.42 Å². The number of hydrogen-bond acceptors (Lipinski definition) is 4. The third kappa shape index (κ3) is 5.55. The van der Waals surface area contributed by atoms with E-state index in [1.807, 2.05) is 0 Å². The molecule has 0 heterocycles. The molecule has 0 aliphatic rings. The van der Waals surface area contributed by atoms with Crippen molar-refractivity contribution < 1.29 is 8.42 Å². The molecule has 0 unspecified atom stereocenters. The first-order valence-electron chi connectivity index (χ1n) is 2.83. The normalized spacial score (nSPS) is 13.3. The first-order valence-corrected chi connectivity index (χ1v) is 4.89. The molecule has 0 radical (unpaired) electrons. The molecule has 10 heavy (non-hydrogen) atoms. The van der Waals surface area contributed by atoms with Crippen molar-refractivity contribution in [3.8, 4) is 0 Å². The second kappa shape index (κ2) is 3.55. The zero-order valence-electron chi connectivity index (χ0n) is 6.38. The van der Waals surface area contributed by atoms with Crippen LogP contribution in [0.25, 0.3) is 0 Å². The molecule has 0 aromatic heterocycles. The topological polar surface area (TPSA) is 58.5 Å². The first-order chi connectivity index (χ1) is 4.45. The monoisotopic (exact) mass is 164 g/mol. The van der Waals surface area contributed by atoms with Crippen LogP contribution in [0, 0.1) is 0 Å². The minimum Gasteiger partial charge on any atom is -0.313 e. The molecule has 0 bridgehead atoms. The van der Waals surface area contributed by atoms with Gasteiger partial charge in [0.2, 0.25) is 0 Å². The van der Waals surface area contributed by atoms with Crippen LogP contribution in [0.4, 0.5) is 0 Å². The minimum absolute atomic E-state index is 0.0217. The lowest BCUT2D eigenvalue weighted by molar-refractivity contribution is 0.605. The molecule has 0 fully saturated rings. The Labute approximate surface area is 61.2 Å². The molecule has 0 aliphatic carbocycles. The van der Waals surface area contributed by atoms with Gasteiger partial charge in [0.15, 0.2) is 9.84 Å². The van der Waals surface area contributed by atoms with Crippen molar-refractivity contribution in [3.05, 3.63) is 0 Å². The molecule has 0 aromatic carbocycles. The van der Waals surface area contributed by atoms with Crippen LogP contribution in [0.15, 0.2) is 5.10 Å². The second-order valence-electron chi connectivity index (χ2n) is 2.14. The van der Waals surface area contributed by atoms with Gasteiger partial charge in [-0.25, -0.2) is 8.42 Å². The number of sulfone groups is 1. The van der Waals surface area contributed by atoms with Gasteiger partial charge in [-0.15, -0.1) is 0 Å². The molecule has 0 aromatic rings. The molecule has 1 N–H and O–H groups in total. The fourth-order valence-electron chi connectivity index (χ4n) is 0.603. The summed E-state index contributed by atoms with van der Waals surface area (Å²) in [7, 11) is -1.29. The van der Waals surface area contributed by atoms with E-state index in [0.29, 0.717) is 5.71 Å². The van der Waals surface area contributed by atoms with Crippen LogP contribution in [-0.2, 0) is 9.84 Å². The van der Waals surface area contributed by atoms with E-state index >= 15 is 0 Å². The van der Waals surface area contributed by atoms with Gasteiger partial charge in [0.1, 0.15) is 0 Å². The van der Waals surface area contributed by atoms with Crippen LogP contribution in [0.2, 0.25) is 0 Å². The predicted molar refractivity (Wildman–Crippen MR) is 41.9 cm³/mol. The molecule has 0 saturated carbocycles. The van der Waals surface area contributed by atoms with Crippen LogP contribution >= 0.6 is 0 Å². The second-order valence-corrected chi connectivity index (χ2v) is 4.28. The molecule has 60 valence electrons. The SMILES string of the molecule is CN/N=C(/C)CS(C)(=O)=O. The summed E-state index contributed by atoms with van der Waals surface area (Å²) in [5, 5.41) is 3.70. The zero-order valence-corrected chi connectivity index (χ0v) is 7.20. The van der Waals surface area contributed by atoms with E-state index in [1.165, 1.54) is 6.26 Å². The Kier molecular flexibility index (Phi) is 3.35. The molecule has 0 atom stereocenters. The Morgan fingerprint density at radius 1 is 1.60 bits per heavy atom. The molecule has 0 rings (SSSR count). The van der Waals surface area contributed by atoms with E-state index in [2.05, 4.69) is 10.5 Å². The van der Waals surface area contributed by atoms with Crippen molar-refractivity contribution in [3.63, 3.8) is 0 Å². The summed E-state index contributed by atoms with van der Waals surface area (Å²) in [5.41, 5.74) is 3.09. The fraction of sp³-hybridized carbons (Fsp3) is 0.800. The minimum atomic E-state index is -2.92. The van der Waals surface area contributed by atoms with Gasteiger partial charge in [-0.05, 0) is 6.92 Å². The maximum atomic E-state index is 10.6. The Bertz CT molecular complexity index is 218. The molecular weight excluding hydrogens is 152 g/mol. The van der Waals surface area contributed by atoms with Crippen molar-refractivity contribution in [2.75, 3.05) is 19.1 Å².